The van der Waals surface area contributed by atoms with E-state index in [0.717, 1.165) is 43.5 Å². The highest BCUT2D eigenvalue weighted by Gasteiger charge is 2.23. The minimum atomic E-state index is 0.786. The van der Waals surface area contributed by atoms with Crippen LogP contribution < -0.4 is 4.74 Å². The van der Waals surface area contributed by atoms with Gasteiger partial charge in [0.1, 0.15) is 5.75 Å². The van der Waals surface area contributed by atoms with Crippen LogP contribution in [0.25, 0.3) is 0 Å². The average Bonchev–Trinajstić information content (AvgIpc) is 2.80. The average molecular weight is 435 g/mol. The lowest BCUT2D eigenvalue weighted by Crippen LogP contribution is -2.14. The van der Waals surface area contributed by atoms with Gasteiger partial charge in [-0.05, 0) is 105 Å². The molecule has 1 fully saturated rings. The van der Waals surface area contributed by atoms with Gasteiger partial charge in [0.05, 0.1) is 6.61 Å². The first-order valence-corrected chi connectivity index (χ1v) is 13.4. The Hall–Kier alpha value is -1.76. The van der Waals surface area contributed by atoms with Gasteiger partial charge in [-0.3, -0.25) is 0 Å². The third-order valence-electron chi connectivity index (χ3n) is 7.53. The predicted octanol–water partition coefficient (Wildman–Crippen LogP) is 9.12. The third kappa shape index (κ3) is 7.39. The number of benzene rings is 2. The molecule has 0 heterocycles. The van der Waals surface area contributed by atoms with E-state index in [4.69, 9.17) is 4.74 Å². The molecule has 176 valence electrons. The van der Waals surface area contributed by atoms with E-state index < -0.39 is 0 Å². The summed E-state index contributed by atoms with van der Waals surface area (Å²) in [4.78, 5) is 0. The van der Waals surface area contributed by atoms with Gasteiger partial charge in [0, 0.05) is 0 Å². The van der Waals surface area contributed by atoms with Gasteiger partial charge in [-0.2, -0.15) is 0 Å². The Kier molecular flexibility index (Phi) is 10.2. The normalized spacial score (nSPS) is 18.6. The zero-order valence-electron chi connectivity index (χ0n) is 21.2. The molecule has 32 heavy (non-hydrogen) atoms. The van der Waals surface area contributed by atoms with Crippen molar-refractivity contribution in [2.75, 3.05) is 6.61 Å². The maximum atomic E-state index is 5.91. The van der Waals surface area contributed by atoms with Crippen molar-refractivity contribution in [2.45, 2.75) is 111 Å². The smallest absolute Gasteiger partial charge is 0.122 e. The highest BCUT2D eigenvalue weighted by molar-refractivity contribution is 5.38. The minimum Gasteiger partial charge on any atom is -0.493 e. The van der Waals surface area contributed by atoms with Gasteiger partial charge in [0.2, 0.25) is 0 Å². The molecule has 3 rings (SSSR count). The van der Waals surface area contributed by atoms with Crippen LogP contribution >= 0.6 is 0 Å². The summed E-state index contributed by atoms with van der Waals surface area (Å²) in [6, 6.07) is 14.0. The van der Waals surface area contributed by atoms with E-state index in [2.05, 4.69) is 64.1 Å². The van der Waals surface area contributed by atoms with E-state index in [1.165, 1.54) is 80.0 Å². The van der Waals surface area contributed by atoms with Gasteiger partial charge in [-0.25, -0.2) is 0 Å². The Labute approximate surface area is 198 Å². The minimum absolute atomic E-state index is 0.786. The predicted molar refractivity (Wildman–Crippen MR) is 139 cm³/mol. The zero-order valence-corrected chi connectivity index (χ0v) is 21.2. The number of aryl methyl sites for hydroxylation is 4. The van der Waals surface area contributed by atoms with Crippen molar-refractivity contribution in [3.63, 3.8) is 0 Å². The fourth-order valence-electron chi connectivity index (χ4n) is 5.44. The van der Waals surface area contributed by atoms with Gasteiger partial charge >= 0.3 is 0 Å². The molecule has 2 aromatic carbocycles. The number of hydrogen-bond acceptors (Lipinski definition) is 1. The second-order valence-electron chi connectivity index (χ2n) is 10.2. The topological polar surface area (TPSA) is 9.23 Å². The van der Waals surface area contributed by atoms with Gasteiger partial charge in [0.25, 0.3) is 0 Å². The molecule has 0 radical (unpaired) electrons. The van der Waals surface area contributed by atoms with Gasteiger partial charge in [-0.1, -0.05) is 76.3 Å². The molecule has 0 spiro atoms. The molecule has 0 aromatic heterocycles. The van der Waals surface area contributed by atoms with E-state index >= 15 is 0 Å². The molecule has 2 aromatic rings. The number of unbranched alkanes of at least 4 members (excludes halogenated alkanes) is 3. The van der Waals surface area contributed by atoms with Gasteiger partial charge < -0.3 is 4.74 Å². The number of hydrogen-bond donors (Lipinski definition) is 0. The van der Waals surface area contributed by atoms with E-state index in [1.54, 1.807) is 5.56 Å². The van der Waals surface area contributed by atoms with Crippen molar-refractivity contribution in [2.24, 2.45) is 5.92 Å². The molecule has 1 heteroatoms. The van der Waals surface area contributed by atoms with Crippen molar-refractivity contribution in [3.05, 3.63) is 64.2 Å². The summed E-state index contributed by atoms with van der Waals surface area (Å²) in [5.74, 6) is 2.82. The van der Waals surface area contributed by atoms with E-state index in [0.29, 0.717) is 0 Å². The van der Waals surface area contributed by atoms with Crippen LogP contribution in [0.2, 0.25) is 0 Å². The van der Waals surface area contributed by atoms with Crippen LogP contribution in [0.15, 0.2) is 36.4 Å². The van der Waals surface area contributed by atoms with Crippen LogP contribution in [0.4, 0.5) is 0 Å². The molecule has 0 aliphatic heterocycles. The van der Waals surface area contributed by atoms with E-state index in [-0.39, 0.29) is 0 Å². The lowest BCUT2D eigenvalue weighted by Gasteiger charge is -2.30. The molecular formula is C31H46O. The lowest BCUT2D eigenvalue weighted by molar-refractivity contribution is 0.302. The molecule has 0 atom stereocenters. The lowest BCUT2D eigenvalue weighted by atomic mass is 9.76. The van der Waals surface area contributed by atoms with Crippen LogP contribution in [-0.2, 0) is 12.8 Å². The molecule has 1 saturated carbocycles. The molecule has 0 N–H and O–H groups in total. The van der Waals surface area contributed by atoms with Crippen LogP contribution in [0, 0.1) is 19.8 Å². The molecule has 1 aliphatic rings. The summed E-state index contributed by atoms with van der Waals surface area (Å²) in [5, 5.41) is 0. The number of ether oxygens (including phenoxy) is 1. The monoisotopic (exact) mass is 434 g/mol. The third-order valence-corrected chi connectivity index (χ3v) is 7.53. The Morgan fingerprint density at radius 3 is 2.03 bits per heavy atom. The maximum absolute atomic E-state index is 5.91. The van der Waals surface area contributed by atoms with Gasteiger partial charge in [0.15, 0.2) is 0 Å². The van der Waals surface area contributed by atoms with Gasteiger partial charge in [-0.15, -0.1) is 0 Å². The van der Waals surface area contributed by atoms with Crippen molar-refractivity contribution < 1.29 is 4.74 Å². The first-order valence-electron chi connectivity index (χ1n) is 13.4. The fraction of sp³-hybridized carbons (Fsp3) is 0.613. The fourth-order valence-corrected chi connectivity index (χ4v) is 5.44. The highest BCUT2D eigenvalue weighted by Crippen LogP contribution is 2.39. The van der Waals surface area contributed by atoms with Crippen molar-refractivity contribution in [3.8, 4) is 5.75 Å². The van der Waals surface area contributed by atoms with Crippen LogP contribution in [0.5, 0.6) is 5.75 Å². The van der Waals surface area contributed by atoms with E-state index in [1.807, 2.05) is 0 Å². The maximum Gasteiger partial charge on any atom is 0.122 e. The first-order chi connectivity index (χ1) is 15.6. The second kappa shape index (κ2) is 13.1. The second-order valence-corrected chi connectivity index (χ2v) is 10.2. The molecule has 0 saturated heterocycles. The first kappa shape index (κ1) is 24.9. The molecule has 1 aliphatic carbocycles. The zero-order chi connectivity index (χ0) is 22.8. The van der Waals surface area contributed by atoms with Crippen LogP contribution in [0.1, 0.15) is 112 Å². The summed E-state index contributed by atoms with van der Waals surface area (Å²) in [7, 11) is 0. The van der Waals surface area contributed by atoms with E-state index in [9.17, 15) is 0 Å². The summed E-state index contributed by atoms with van der Waals surface area (Å²) < 4.78 is 5.91. The largest absolute Gasteiger partial charge is 0.493 e. The highest BCUT2D eigenvalue weighted by atomic mass is 16.5. The molecule has 1 nitrogen and oxygen atoms in total. The van der Waals surface area contributed by atoms with Crippen molar-refractivity contribution >= 4 is 0 Å². The SMILES string of the molecule is CCCCC[C@H]1CC[C@H](c2ccc(CCc3ccc(OCCCC)c(C)c3)cc2C)CC1. The molecule has 0 bridgehead atoms. The molecule has 0 amide bonds. The standard InChI is InChI=1S/C31H46O/c1-5-7-9-10-26-13-17-29(18-14-26)30-19-15-27(22-24(30)3)11-12-28-16-20-31(25(4)23-28)32-21-8-6-2/h15-16,19-20,22-23,26,29H,5-14,17-18,21H2,1-4H3/t26-,29-. The Bertz CT molecular complexity index is 813. The van der Waals surface area contributed by atoms with Crippen molar-refractivity contribution in [1.82, 2.24) is 0 Å². The van der Waals surface area contributed by atoms with Crippen LogP contribution in [0.3, 0.4) is 0 Å². The summed E-state index contributed by atoms with van der Waals surface area (Å²) in [6.45, 7) is 9.84. The quantitative estimate of drug-likeness (QED) is 0.303. The Morgan fingerprint density at radius 2 is 1.41 bits per heavy atom. The Balaban J connectivity index is 1.50. The molecule has 0 unspecified atom stereocenters. The molecular weight excluding hydrogens is 388 g/mol. The number of rotatable bonds is 12. The van der Waals surface area contributed by atoms with Crippen LogP contribution in [-0.4, -0.2) is 6.61 Å². The Morgan fingerprint density at radius 1 is 0.750 bits per heavy atom. The summed E-state index contributed by atoms with van der Waals surface area (Å²) in [5.41, 5.74) is 7.27. The van der Waals surface area contributed by atoms with Crippen molar-refractivity contribution in [1.29, 1.82) is 0 Å². The summed E-state index contributed by atoms with van der Waals surface area (Å²) in [6.07, 6.45) is 15.8. The summed E-state index contributed by atoms with van der Waals surface area (Å²) >= 11 is 0.